The van der Waals surface area contributed by atoms with E-state index in [0.29, 0.717) is 30.5 Å². The van der Waals surface area contributed by atoms with Crippen molar-refractivity contribution in [1.29, 1.82) is 0 Å². The molecule has 280 valence electrons. The zero-order chi connectivity index (χ0) is 35.0. The average molecular weight is 691 g/mol. The molecule has 0 radical (unpaired) electrons. The lowest BCUT2D eigenvalue weighted by Crippen LogP contribution is -2.49. The maximum atomic E-state index is 6.88. The van der Waals surface area contributed by atoms with Crippen molar-refractivity contribution in [3.05, 3.63) is 60.2 Å². The number of rotatable bonds is 20. The molecule has 2 aliphatic heterocycles. The van der Waals surface area contributed by atoms with Crippen molar-refractivity contribution < 1.29 is 23.7 Å². The fraction of sp³-hybridized carbons (Fsp3) is 0.733. The van der Waals surface area contributed by atoms with Crippen molar-refractivity contribution in [1.82, 2.24) is 0 Å². The van der Waals surface area contributed by atoms with Gasteiger partial charge in [-0.2, -0.15) is 0 Å². The van der Waals surface area contributed by atoms with Crippen LogP contribution in [0.4, 0.5) is 0 Å². The van der Waals surface area contributed by atoms with Crippen LogP contribution in [0.25, 0.3) is 11.1 Å². The molecule has 50 heavy (non-hydrogen) atoms. The van der Waals surface area contributed by atoms with Crippen LogP contribution in [-0.4, -0.2) is 38.0 Å². The maximum absolute atomic E-state index is 6.88. The second-order valence-electron chi connectivity index (χ2n) is 16.0. The van der Waals surface area contributed by atoms with Gasteiger partial charge >= 0.3 is 0 Å². The maximum Gasteiger partial charge on any atom is 0.187 e. The Morgan fingerprint density at radius 3 is 1.96 bits per heavy atom. The highest BCUT2D eigenvalue weighted by Gasteiger charge is 2.44. The SMILES string of the molecule is CCCCCCCCC1COC(C2CCC(COC3(C)OC(c4ccc(-c5ccccc5)cc4)OCC3CCCCCCCC)CC2)OC1C. The van der Waals surface area contributed by atoms with Crippen molar-refractivity contribution >= 4 is 0 Å². The molecule has 2 heterocycles. The Kier molecular flexibility index (Phi) is 16.6. The normalized spacial score (nSPS) is 30.4. The van der Waals surface area contributed by atoms with Gasteiger partial charge in [-0.15, -0.1) is 0 Å². The third-order valence-electron chi connectivity index (χ3n) is 12.0. The van der Waals surface area contributed by atoms with E-state index in [1.165, 1.54) is 94.6 Å². The lowest BCUT2D eigenvalue weighted by molar-refractivity contribution is -0.372. The van der Waals surface area contributed by atoms with E-state index in [9.17, 15) is 0 Å². The molecule has 0 amide bonds. The van der Waals surface area contributed by atoms with Crippen molar-refractivity contribution in [3.8, 4) is 11.1 Å². The van der Waals surface area contributed by atoms with Crippen LogP contribution in [0, 0.1) is 23.7 Å². The molecule has 0 N–H and O–H groups in total. The number of benzene rings is 2. The van der Waals surface area contributed by atoms with Crippen LogP contribution in [0.1, 0.15) is 155 Å². The summed E-state index contributed by atoms with van der Waals surface area (Å²) in [4.78, 5) is 0. The molecule has 6 atom stereocenters. The van der Waals surface area contributed by atoms with Crippen molar-refractivity contribution in [2.75, 3.05) is 19.8 Å². The van der Waals surface area contributed by atoms with E-state index in [1.807, 2.05) is 0 Å². The molecule has 2 saturated heterocycles. The van der Waals surface area contributed by atoms with Gasteiger partial charge in [-0.25, -0.2) is 0 Å². The summed E-state index contributed by atoms with van der Waals surface area (Å²) in [6.45, 7) is 11.3. The van der Waals surface area contributed by atoms with E-state index in [0.717, 1.165) is 50.9 Å². The van der Waals surface area contributed by atoms with Gasteiger partial charge in [0.2, 0.25) is 0 Å². The van der Waals surface area contributed by atoms with Gasteiger partial charge in [-0.1, -0.05) is 145 Å². The highest BCUT2D eigenvalue weighted by Crippen LogP contribution is 2.42. The number of hydrogen-bond donors (Lipinski definition) is 0. The third kappa shape index (κ3) is 11.9. The monoisotopic (exact) mass is 691 g/mol. The second-order valence-corrected chi connectivity index (χ2v) is 16.0. The van der Waals surface area contributed by atoms with Crippen LogP contribution < -0.4 is 0 Å². The Morgan fingerprint density at radius 2 is 1.30 bits per heavy atom. The Bertz CT molecular complexity index is 1180. The fourth-order valence-corrected chi connectivity index (χ4v) is 8.37. The summed E-state index contributed by atoms with van der Waals surface area (Å²) >= 11 is 0. The minimum atomic E-state index is -0.669. The first-order chi connectivity index (χ1) is 24.5. The van der Waals surface area contributed by atoms with Crippen LogP contribution in [0.2, 0.25) is 0 Å². The van der Waals surface area contributed by atoms with Gasteiger partial charge in [0.05, 0.1) is 25.9 Å². The number of hydrogen-bond acceptors (Lipinski definition) is 5. The van der Waals surface area contributed by atoms with Crippen molar-refractivity contribution in [2.24, 2.45) is 23.7 Å². The Balaban J connectivity index is 1.10. The van der Waals surface area contributed by atoms with Gasteiger partial charge in [-0.3, -0.25) is 0 Å². The molecule has 0 spiro atoms. The topological polar surface area (TPSA) is 46.2 Å². The van der Waals surface area contributed by atoms with Gasteiger partial charge in [0, 0.05) is 23.3 Å². The largest absolute Gasteiger partial charge is 0.352 e. The molecule has 0 bridgehead atoms. The van der Waals surface area contributed by atoms with E-state index in [-0.39, 0.29) is 12.2 Å². The highest BCUT2D eigenvalue weighted by molar-refractivity contribution is 5.63. The zero-order valence-electron chi connectivity index (χ0n) is 32.1. The molecule has 3 aliphatic rings. The predicted molar refractivity (Wildman–Crippen MR) is 205 cm³/mol. The highest BCUT2D eigenvalue weighted by atomic mass is 16.8. The molecule has 0 aromatic heterocycles. The Hall–Kier alpha value is -1.76. The molecular formula is C45H70O5. The van der Waals surface area contributed by atoms with E-state index >= 15 is 0 Å². The minimum Gasteiger partial charge on any atom is -0.352 e. The number of ether oxygens (including phenoxy) is 5. The van der Waals surface area contributed by atoms with Crippen LogP contribution in [-0.2, 0) is 23.7 Å². The molecule has 2 aromatic rings. The van der Waals surface area contributed by atoms with Crippen LogP contribution in [0.15, 0.2) is 54.6 Å². The summed E-state index contributed by atoms with van der Waals surface area (Å²) in [5.41, 5.74) is 3.47. The first kappa shape index (κ1) is 39.4. The van der Waals surface area contributed by atoms with E-state index < -0.39 is 12.1 Å². The van der Waals surface area contributed by atoms with Crippen LogP contribution >= 0.6 is 0 Å². The summed E-state index contributed by atoms with van der Waals surface area (Å²) in [5.74, 6) is 1.12. The standard InChI is InChI=1S/C45H70O5/c1-5-7-9-11-13-16-22-41-33-46-43(49-35(41)3)39-26-24-36(25-27-39)32-48-45(4)42(23-19-14-12-10-8-6-2)34-47-44(50-45)40-30-28-38(29-31-40)37-20-17-15-18-21-37/h15,17-18,20-21,28-31,35-36,39,41-44H,5-14,16,19,22-27,32-34H2,1-4H3. The summed E-state index contributed by atoms with van der Waals surface area (Å²) in [6, 6.07) is 19.2. The van der Waals surface area contributed by atoms with Gasteiger partial charge in [0.15, 0.2) is 18.4 Å². The second kappa shape index (κ2) is 21.1. The smallest absolute Gasteiger partial charge is 0.187 e. The predicted octanol–water partition coefficient (Wildman–Crippen LogP) is 12.4. The van der Waals surface area contributed by atoms with Crippen molar-refractivity contribution in [2.45, 2.75) is 168 Å². The Labute approximate surface area is 305 Å². The quantitative estimate of drug-likeness (QED) is 0.129. The molecule has 5 heteroatoms. The van der Waals surface area contributed by atoms with Gasteiger partial charge in [-0.05, 0) is 69.4 Å². The molecule has 1 aliphatic carbocycles. The first-order valence-electron chi connectivity index (χ1n) is 20.8. The average Bonchev–Trinajstić information content (AvgIpc) is 3.15. The molecule has 3 fully saturated rings. The molecule has 1 saturated carbocycles. The van der Waals surface area contributed by atoms with Gasteiger partial charge in [0.1, 0.15) is 0 Å². The summed E-state index contributed by atoms with van der Waals surface area (Å²) in [5, 5.41) is 0. The molecule has 2 aromatic carbocycles. The zero-order valence-corrected chi connectivity index (χ0v) is 32.1. The van der Waals surface area contributed by atoms with E-state index in [1.54, 1.807) is 0 Å². The fourth-order valence-electron chi connectivity index (χ4n) is 8.37. The third-order valence-corrected chi connectivity index (χ3v) is 12.0. The molecule has 5 nitrogen and oxygen atoms in total. The van der Waals surface area contributed by atoms with Gasteiger partial charge < -0.3 is 23.7 Å². The lowest BCUT2D eigenvalue weighted by Gasteiger charge is -2.45. The molecule has 5 rings (SSSR count). The lowest BCUT2D eigenvalue weighted by atomic mass is 9.81. The molecule has 6 unspecified atom stereocenters. The molecular weight excluding hydrogens is 620 g/mol. The van der Waals surface area contributed by atoms with E-state index in [2.05, 4.69) is 82.3 Å². The van der Waals surface area contributed by atoms with Crippen LogP contribution in [0.3, 0.4) is 0 Å². The van der Waals surface area contributed by atoms with Crippen molar-refractivity contribution in [3.63, 3.8) is 0 Å². The summed E-state index contributed by atoms with van der Waals surface area (Å²) < 4.78 is 33.0. The van der Waals surface area contributed by atoms with E-state index in [4.69, 9.17) is 23.7 Å². The Morgan fingerprint density at radius 1 is 0.680 bits per heavy atom. The number of unbranched alkanes of at least 4 members (excludes halogenated alkanes) is 10. The summed E-state index contributed by atoms with van der Waals surface area (Å²) in [6.07, 6.45) is 22.5. The van der Waals surface area contributed by atoms with Crippen LogP contribution in [0.5, 0.6) is 0 Å². The minimum absolute atomic E-state index is 0.0419. The summed E-state index contributed by atoms with van der Waals surface area (Å²) in [7, 11) is 0. The van der Waals surface area contributed by atoms with Gasteiger partial charge in [0.25, 0.3) is 0 Å². The first-order valence-corrected chi connectivity index (χ1v) is 20.8.